The predicted molar refractivity (Wildman–Crippen MR) is 96.7 cm³/mol. The van der Waals surface area contributed by atoms with Crippen molar-refractivity contribution in [2.24, 2.45) is 0 Å². The van der Waals surface area contributed by atoms with E-state index in [1.807, 2.05) is 24.7 Å². The molecule has 0 aliphatic carbocycles. The SMILES string of the molecule is Cc1ccc(CN2CCNCC2c2ccncc2)c2ncccc12. The number of fused-ring (bicyclic) bond motifs is 1. The minimum Gasteiger partial charge on any atom is -0.314 e. The van der Waals surface area contributed by atoms with Crippen LogP contribution in [-0.2, 0) is 6.54 Å². The molecule has 4 rings (SSSR count). The lowest BCUT2D eigenvalue weighted by atomic mass is 10.0. The summed E-state index contributed by atoms with van der Waals surface area (Å²) in [7, 11) is 0. The summed E-state index contributed by atoms with van der Waals surface area (Å²) in [5.41, 5.74) is 5.04. The molecule has 0 radical (unpaired) electrons. The van der Waals surface area contributed by atoms with Crippen LogP contribution >= 0.6 is 0 Å². The average Bonchev–Trinajstić information content (AvgIpc) is 2.65. The molecule has 3 heterocycles. The number of piperazine rings is 1. The summed E-state index contributed by atoms with van der Waals surface area (Å²) >= 11 is 0. The van der Waals surface area contributed by atoms with Crippen molar-refractivity contribution in [2.75, 3.05) is 19.6 Å². The molecule has 24 heavy (non-hydrogen) atoms. The fourth-order valence-electron chi connectivity index (χ4n) is 3.57. The molecule has 1 aliphatic rings. The van der Waals surface area contributed by atoms with E-state index in [1.54, 1.807) is 0 Å². The fourth-order valence-corrected chi connectivity index (χ4v) is 3.57. The molecule has 1 N–H and O–H groups in total. The molecular weight excluding hydrogens is 296 g/mol. The second kappa shape index (κ2) is 6.67. The van der Waals surface area contributed by atoms with Gasteiger partial charge in [0.25, 0.3) is 0 Å². The molecule has 0 amide bonds. The third-order valence-electron chi connectivity index (χ3n) is 4.89. The van der Waals surface area contributed by atoms with Crippen LogP contribution in [0.25, 0.3) is 10.9 Å². The van der Waals surface area contributed by atoms with E-state index in [4.69, 9.17) is 0 Å². The smallest absolute Gasteiger partial charge is 0.0749 e. The molecule has 4 nitrogen and oxygen atoms in total. The van der Waals surface area contributed by atoms with E-state index < -0.39 is 0 Å². The summed E-state index contributed by atoms with van der Waals surface area (Å²) in [5.74, 6) is 0. The summed E-state index contributed by atoms with van der Waals surface area (Å²) in [6.45, 7) is 6.11. The minimum atomic E-state index is 0.377. The monoisotopic (exact) mass is 318 g/mol. The molecule has 3 aromatic rings. The third-order valence-corrected chi connectivity index (χ3v) is 4.89. The molecule has 0 saturated carbocycles. The Morgan fingerprint density at radius 3 is 2.88 bits per heavy atom. The number of benzene rings is 1. The van der Waals surface area contributed by atoms with Gasteiger partial charge in [-0.05, 0) is 41.8 Å². The summed E-state index contributed by atoms with van der Waals surface area (Å²) in [6.07, 6.45) is 5.65. The third kappa shape index (κ3) is 2.90. The van der Waals surface area contributed by atoms with Crippen molar-refractivity contribution in [3.8, 4) is 0 Å². The number of hydrogen-bond donors (Lipinski definition) is 1. The number of aromatic nitrogens is 2. The van der Waals surface area contributed by atoms with Gasteiger partial charge in [-0.15, -0.1) is 0 Å². The Labute approximate surface area is 142 Å². The first kappa shape index (κ1) is 15.2. The van der Waals surface area contributed by atoms with Crippen LogP contribution in [0.1, 0.15) is 22.7 Å². The van der Waals surface area contributed by atoms with Gasteiger partial charge in [0.2, 0.25) is 0 Å². The van der Waals surface area contributed by atoms with Crippen molar-refractivity contribution in [3.63, 3.8) is 0 Å². The first-order valence-corrected chi connectivity index (χ1v) is 8.51. The Balaban J connectivity index is 1.67. The van der Waals surface area contributed by atoms with Crippen molar-refractivity contribution in [1.29, 1.82) is 0 Å². The fraction of sp³-hybridized carbons (Fsp3) is 0.300. The average molecular weight is 318 g/mol. The molecule has 4 heteroatoms. The highest BCUT2D eigenvalue weighted by Crippen LogP contribution is 2.27. The van der Waals surface area contributed by atoms with Crippen molar-refractivity contribution in [2.45, 2.75) is 19.5 Å². The largest absolute Gasteiger partial charge is 0.314 e. The molecule has 1 aromatic carbocycles. The van der Waals surface area contributed by atoms with Gasteiger partial charge in [-0.25, -0.2) is 0 Å². The van der Waals surface area contributed by atoms with Crippen LogP contribution < -0.4 is 5.32 Å². The van der Waals surface area contributed by atoms with E-state index >= 15 is 0 Å². The van der Waals surface area contributed by atoms with Gasteiger partial charge in [0, 0.05) is 56.2 Å². The van der Waals surface area contributed by atoms with Crippen molar-refractivity contribution in [3.05, 3.63) is 71.7 Å². The maximum absolute atomic E-state index is 4.65. The summed E-state index contributed by atoms with van der Waals surface area (Å²) in [4.78, 5) is 11.4. The molecule has 122 valence electrons. The molecule has 1 unspecified atom stereocenters. The zero-order chi connectivity index (χ0) is 16.4. The Hall–Kier alpha value is -2.30. The van der Waals surface area contributed by atoms with Crippen molar-refractivity contribution < 1.29 is 0 Å². The first-order chi connectivity index (χ1) is 11.8. The summed E-state index contributed by atoms with van der Waals surface area (Å²) in [6, 6.07) is 13.2. The van der Waals surface area contributed by atoms with Crippen molar-refractivity contribution in [1.82, 2.24) is 20.2 Å². The van der Waals surface area contributed by atoms with Crippen LogP contribution in [0, 0.1) is 6.92 Å². The van der Waals surface area contributed by atoms with Crippen molar-refractivity contribution >= 4 is 10.9 Å². The molecule has 2 aromatic heterocycles. The van der Waals surface area contributed by atoms with Gasteiger partial charge in [-0.3, -0.25) is 14.9 Å². The quantitative estimate of drug-likeness (QED) is 0.806. The van der Waals surface area contributed by atoms with E-state index in [1.165, 1.54) is 22.1 Å². The molecule has 1 atom stereocenters. The Morgan fingerprint density at radius 2 is 2.00 bits per heavy atom. The number of nitrogens with zero attached hydrogens (tertiary/aromatic N) is 3. The van der Waals surface area contributed by atoms with E-state index in [0.29, 0.717) is 6.04 Å². The molecule has 0 bridgehead atoms. The lowest BCUT2D eigenvalue weighted by Crippen LogP contribution is -2.45. The normalized spacial score (nSPS) is 18.8. The van der Waals surface area contributed by atoms with Crippen LogP contribution in [0.15, 0.2) is 55.0 Å². The van der Waals surface area contributed by atoms with Gasteiger partial charge < -0.3 is 5.32 Å². The van der Waals surface area contributed by atoms with Gasteiger partial charge in [0.15, 0.2) is 0 Å². The van der Waals surface area contributed by atoms with Gasteiger partial charge in [0.1, 0.15) is 0 Å². The highest BCUT2D eigenvalue weighted by Gasteiger charge is 2.24. The van der Waals surface area contributed by atoms with Gasteiger partial charge in [-0.1, -0.05) is 18.2 Å². The summed E-state index contributed by atoms with van der Waals surface area (Å²) < 4.78 is 0. The minimum absolute atomic E-state index is 0.377. The lowest BCUT2D eigenvalue weighted by Gasteiger charge is -2.36. The van der Waals surface area contributed by atoms with Gasteiger partial charge in [0.05, 0.1) is 5.52 Å². The molecule has 0 spiro atoms. The molecule has 1 aliphatic heterocycles. The Bertz CT molecular complexity index is 831. The molecule has 1 saturated heterocycles. The van der Waals surface area contributed by atoms with Crippen LogP contribution in [0.3, 0.4) is 0 Å². The Kier molecular flexibility index (Phi) is 4.24. The number of pyridine rings is 2. The zero-order valence-corrected chi connectivity index (χ0v) is 13.9. The number of aryl methyl sites for hydroxylation is 1. The standard InChI is InChI=1S/C20H22N4/c1-15-4-5-17(20-18(15)3-2-8-23-20)14-24-12-11-22-13-19(24)16-6-9-21-10-7-16/h2-10,19,22H,11-14H2,1H3. The highest BCUT2D eigenvalue weighted by atomic mass is 15.2. The molecule has 1 fully saturated rings. The van der Waals surface area contributed by atoms with Crippen LogP contribution in [-0.4, -0.2) is 34.5 Å². The van der Waals surface area contributed by atoms with E-state index in [-0.39, 0.29) is 0 Å². The maximum Gasteiger partial charge on any atom is 0.0749 e. The van der Waals surface area contributed by atoms with Crippen LogP contribution in [0.5, 0.6) is 0 Å². The van der Waals surface area contributed by atoms with Gasteiger partial charge >= 0.3 is 0 Å². The lowest BCUT2D eigenvalue weighted by molar-refractivity contribution is 0.154. The first-order valence-electron chi connectivity index (χ1n) is 8.51. The second-order valence-corrected chi connectivity index (χ2v) is 6.41. The Morgan fingerprint density at radius 1 is 1.12 bits per heavy atom. The number of rotatable bonds is 3. The summed E-state index contributed by atoms with van der Waals surface area (Å²) in [5, 5.41) is 4.77. The molecular formula is C20H22N4. The van der Waals surface area contributed by atoms with Gasteiger partial charge in [-0.2, -0.15) is 0 Å². The number of hydrogen-bond acceptors (Lipinski definition) is 4. The van der Waals surface area contributed by atoms with E-state index in [9.17, 15) is 0 Å². The second-order valence-electron chi connectivity index (χ2n) is 6.41. The topological polar surface area (TPSA) is 41.0 Å². The van der Waals surface area contributed by atoms with Crippen LogP contribution in [0.4, 0.5) is 0 Å². The number of nitrogens with one attached hydrogen (secondary N) is 1. The van der Waals surface area contributed by atoms with E-state index in [0.717, 1.165) is 31.7 Å². The van der Waals surface area contributed by atoms with Crippen LogP contribution in [0.2, 0.25) is 0 Å². The zero-order valence-electron chi connectivity index (χ0n) is 13.9. The predicted octanol–water partition coefficient (Wildman–Crippen LogP) is 3.08. The highest BCUT2D eigenvalue weighted by molar-refractivity contribution is 5.84. The van der Waals surface area contributed by atoms with E-state index in [2.05, 4.69) is 57.4 Å². The maximum atomic E-state index is 4.65.